The summed E-state index contributed by atoms with van der Waals surface area (Å²) in [6, 6.07) is 7.49. The molecule has 0 saturated carbocycles. The molecule has 0 saturated heterocycles. The number of hydrogen-bond acceptors (Lipinski definition) is 1. The first-order valence-electron chi connectivity index (χ1n) is 4.58. The highest BCUT2D eigenvalue weighted by Crippen LogP contribution is 2.24. The molecule has 0 bridgehead atoms. The fraction of sp³-hybridized carbons (Fsp3) is 0. The van der Waals surface area contributed by atoms with Gasteiger partial charge in [-0.3, -0.25) is 0 Å². The van der Waals surface area contributed by atoms with Crippen molar-refractivity contribution in [3.05, 3.63) is 53.8 Å². The first kappa shape index (κ1) is 10.5. The van der Waals surface area contributed by atoms with Gasteiger partial charge in [-0.2, -0.15) is 0 Å². The summed E-state index contributed by atoms with van der Waals surface area (Å²) in [6.45, 7) is 0. The van der Waals surface area contributed by atoms with Gasteiger partial charge < -0.3 is 5.73 Å². The molecule has 0 unspecified atom stereocenters. The average molecular weight is 223 g/mol. The minimum atomic E-state index is -0.944. The van der Waals surface area contributed by atoms with E-state index in [1.165, 1.54) is 24.3 Å². The van der Waals surface area contributed by atoms with Crippen molar-refractivity contribution in [3.8, 4) is 11.1 Å². The van der Waals surface area contributed by atoms with Crippen LogP contribution in [0.3, 0.4) is 0 Å². The summed E-state index contributed by atoms with van der Waals surface area (Å²) in [5, 5.41) is 0. The van der Waals surface area contributed by atoms with Crippen LogP contribution in [0.4, 0.5) is 18.9 Å². The lowest BCUT2D eigenvalue weighted by atomic mass is 10.0. The molecule has 16 heavy (non-hydrogen) atoms. The summed E-state index contributed by atoms with van der Waals surface area (Å²) < 4.78 is 38.6. The van der Waals surface area contributed by atoms with Gasteiger partial charge in [-0.1, -0.05) is 12.1 Å². The average Bonchev–Trinajstić information content (AvgIpc) is 2.26. The van der Waals surface area contributed by atoms with Gasteiger partial charge in [0.15, 0.2) is 11.6 Å². The number of nitrogen functional groups attached to an aromatic ring is 1. The van der Waals surface area contributed by atoms with Gasteiger partial charge in [-0.25, -0.2) is 13.2 Å². The van der Waals surface area contributed by atoms with E-state index in [0.29, 0.717) is 11.1 Å². The molecule has 0 aromatic heterocycles. The number of rotatable bonds is 1. The maximum Gasteiger partial charge on any atom is 0.159 e. The standard InChI is InChI=1S/C12H8F3N/c13-9-3-1-7(5-11(9)15)8-2-4-10(14)12(16)6-8/h1-6H,16H2. The Hall–Kier alpha value is -1.97. The van der Waals surface area contributed by atoms with Crippen LogP contribution < -0.4 is 5.73 Å². The summed E-state index contributed by atoms with van der Waals surface area (Å²) in [4.78, 5) is 0. The molecule has 2 aromatic carbocycles. The fourth-order valence-electron chi connectivity index (χ4n) is 1.40. The lowest BCUT2D eigenvalue weighted by molar-refractivity contribution is 0.509. The van der Waals surface area contributed by atoms with Crippen LogP contribution >= 0.6 is 0 Å². The molecule has 0 spiro atoms. The van der Waals surface area contributed by atoms with Crippen LogP contribution in [0.1, 0.15) is 0 Å². The fourth-order valence-corrected chi connectivity index (χ4v) is 1.40. The minimum Gasteiger partial charge on any atom is -0.396 e. The molecular formula is C12H8F3N. The Morgan fingerprint density at radius 2 is 1.25 bits per heavy atom. The molecule has 1 nitrogen and oxygen atoms in total. The molecule has 0 aliphatic rings. The third kappa shape index (κ3) is 1.86. The van der Waals surface area contributed by atoms with Gasteiger partial charge in [-0.15, -0.1) is 0 Å². The van der Waals surface area contributed by atoms with Gasteiger partial charge in [0.25, 0.3) is 0 Å². The zero-order chi connectivity index (χ0) is 11.7. The molecule has 0 aliphatic carbocycles. The molecule has 0 heterocycles. The zero-order valence-electron chi connectivity index (χ0n) is 8.18. The zero-order valence-corrected chi connectivity index (χ0v) is 8.18. The predicted octanol–water partition coefficient (Wildman–Crippen LogP) is 3.35. The van der Waals surface area contributed by atoms with Gasteiger partial charge in [0.2, 0.25) is 0 Å². The molecule has 0 atom stereocenters. The van der Waals surface area contributed by atoms with Gasteiger partial charge in [0, 0.05) is 0 Å². The summed E-state index contributed by atoms with van der Waals surface area (Å²) in [5.74, 6) is -2.40. The molecule has 2 aromatic rings. The lowest BCUT2D eigenvalue weighted by Crippen LogP contribution is -1.91. The Bertz CT molecular complexity index is 488. The maximum absolute atomic E-state index is 13.0. The van der Waals surface area contributed by atoms with Crippen LogP contribution in [0, 0.1) is 17.5 Å². The molecule has 0 fully saturated rings. The van der Waals surface area contributed by atoms with E-state index >= 15 is 0 Å². The third-order valence-electron chi connectivity index (χ3n) is 2.25. The molecule has 0 amide bonds. The summed E-state index contributed by atoms with van der Waals surface area (Å²) in [6.07, 6.45) is 0. The van der Waals surface area contributed by atoms with Crippen LogP contribution in [0.15, 0.2) is 36.4 Å². The Morgan fingerprint density at radius 3 is 1.81 bits per heavy atom. The van der Waals surface area contributed by atoms with Crippen molar-refractivity contribution in [1.82, 2.24) is 0 Å². The van der Waals surface area contributed by atoms with E-state index < -0.39 is 17.5 Å². The summed E-state index contributed by atoms with van der Waals surface area (Å²) in [7, 11) is 0. The van der Waals surface area contributed by atoms with Gasteiger partial charge in [-0.05, 0) is 35.4 Å². The smallest absolute Gasteiger partial charge is 0.159 e. The highest BCUT2D eigenvalue weighted by molar-refractivity contribution is 5.67. The second-order valence-corrected chi connectivity index (χ2v) is 3.37. The summed E-state index contributed by atoms with van der Waals surface area (Å²) >= 11 is 0. The largest absolute Gasteiger partial charge is 0.396 e. The molecule has 4 heteroatoms. The Kier molecular flexibility index (Phi) is 2.56. The first-order chi connectivity index (χ1) is 7.58. The predicted molar refractivity (Wildman–Crippen MR) is 56.2 cm³/mol. The third-order valence-corrected chi connectivity index (χ3v) is 2.25. The van der Waals surface area contributed by atoms with E-state index in [4.69, 9.17) is 5.73 Å². The van der Waals surface area contributed by atoms with E-state index in [-0.39, 0.29) is 5.69 Å². The van der Waals surface area contributed by atoms with Crippen LogP contribution in [0.5, 0.6) is 0 Å². The quantitative estimate of drug-likeness (QED) is 0.737. The van der Waals surface area contributed by atoms with Crippen molar-refractivity contribution in [3.63, 3.8) is 0 Å². The highest BCUT2D eigenvalue weighted by Gasteiger charge is 2.06. The second kappa shape index (κ2) is 3.89. The molecule has 2 N–H and O–H groups in total. The van der Waals surface area contributed by atoms with Crippen LogP contribution in [0.25, 0.3) is 11.1 Å². The SMILES string of the molecule is Nc1cc(-c2ccc(F)c(F)c2)ccc1F. The first-order valence-corrected chi connectivity index (χ1v) is 4.58. The minimum absolute atomic E-state index is 0.0257. The van der Waals surface area contributed by atoms with Crippen LogP contribution in [0.2, 0.25) is 0 Å². The van der Waals surface area contributed by atoms with Crippen molar-refractivity contribution in [1.29, 1.82) is 0 Å². The van der Waals surface area contributed by atoms with E-state index in [9.17, 15) is 13.2 Å². The Labute approximate surface area is 90.3 Å². The Balaban J connectivity index is 2.50. The molecule has 2 rings (SSSR count). The van der Waals surface area contributed by atoms with Gasteiger partial charge >= 0.3 is 0 Å². The van der Waals surface area contributed by atoms with Crippen molar-refractivity contribution in [2.24, 2.45) is 0 Å². The van der Waals surface area contributed by atoms with Crippen molar-refractivity contribution in [2.75, 3.05) is 5.73 Å². The van der Waals surface area contributed by atoms with Crippen molar-refractivity contribution < 1.29 is 13.2 Å². The van der Waals surface area contributed by atoms with Crippen molar-refractivity contribution >= 4 is 5.69 Å². The number of nitrogens with two attached hydrogens (primary N) is 1. The number of halogens is 3. The number of anilines is 1. The molecule has 82 valence electrons. The maximum atomic E-state index is 13.0. The summed E-state index contributed by atoms with van der Waals surface area (Å²) in [5.41, 5.74) is 6.35. The van der Waals surface area contributed by atoms with E-state index in [1.807, 2.05) is 0 Å². The topological polar surface area (TPSA) is 26.0 Å². The lowest BCUT2D eigenvalue weighted by Gasteiger charge is -2.04. The van der Waals surface area contributed by atoms with E-state index in [2.05, 4.69) is 0 Å². The van der Waals surface area contributed by atoms with Crippen LogP contribution in [-0.2, 0) is 0 Å². The second-order valence-electron chi connectivity index (χ2n) is 3.37. The molecule has 0 aliphatic heterocycles. The van der Waals surface area contributed by atoms with E-state index in [0.717, 1.165) is 12.1 Å². The normalized spacial score (nSPS) is 10.4. The number of benzene rings is 2. The van der Waals surface area contributed by atoms with Gasteiger partial charge in [0.1, 0.15) is 5.82 Å². The molecular weight excluding hydrogens is 215 g/mol. The highest BCUT2D eigenvalue weighted by atomic mass is 19.2. The van der Waals surface area contributed by atoms with Crippen molar-refractivity contribution in [2.45, 2.75) is 0 Å². The van der Waals surface area contributed by atoms with Crippen LogP contribution in [-0.4, -0.2) is 0 Å². The number of hydrogen-bond donors (Lipinski definition) is 1. The molecule has 0 radical (unpaired) electrons. The Morgan fingerprint density at radius 1 is 0.688 bits per heavy atom. The van der Waals surface area contributed by atoms with E-state index in [1.54, 1.807) is 0 Å². The monoisotopic (exact) mass is 223 g/mol. The van der Waals surface area contributed by atoms with Gasteiger partial charge in [0.05, 0.1) is 5.69 Å².